The van der Waals surface area contributed by atoms with Crippen molar-refractivity contribution in [2.75, 3.05) is 5.32 Å². The number of nitrogens with zero attached hydrogens (tertiary/aromatic N) is 2. The number of anilines is 1. The van der Waals surface area contributed by atoms with E-state index in [0.29, 0.717) is 17.5 Å². The second-order valence-corrected chi connectivity index (χ2v) is 4.81. The summed E-state index contributed by atoms with van der Waals surface area (Å²) < 4.78 is 4.23. The molecular weight excluding hydrogens is 226 g/mol. The van der Waals surface area contributed by atoms with E-state index < -0.39 is 12.0 Å². The average Bonchev–Trinajstić information content (AvgIpc) is 2.99. The van der Waals surface area contributed by atoms with Crippen molar-refractivity contribution in [3.63, 3.8) is 0 Å². The molecule has 1 saturated carbocycles. The van der Waals surface area contributed by atoms with E-state index >= 15 is 0 Å². The van der Waals surface area contributed by atoms with E-state index in [2.05, 4.69) is 14.7 Å². The average molecular weight is 241 g/mol. The van der Waals surface area contributed by atoms with Crippen LogP contribution in [0.5, 0.6) is 0 Å². The molecule has 16 heavy (non-hydrogen) atoms. The first-order valence-electron chi connectivity index (χ1n) is 5.53. The summed E-state index contributed by atoms with van der Waals surface area (Å²) in [5, 5.41) is 12.5. The third-order valence-electron chi connectivity index (χ3n) is 2.56. The highest BCUT2D eigenvalue weighted by atomic mass is 32.1. The van der Waals surface area contributed by atoms with E-state index in [1.165, 1.54) is 11.5 Å². The summed E-state index contributed by atoms with van der Waals surface area (Å²) in [6, 6.07) is -0.551. The monoisotopic (exact) mass is 241 g/mol. The fraction of sp³-hybridized carbons (Fsp3) is 0.700. The minimum atomic E-state index is -0.829. The van der Waals surface area contributed by atoms with Crippen LogP contribution in [0.15, 0.2) is 0 Å². The summed E-state index contributed by atoms with van der Waals surface area (Å²) in [5.74, 6) is 0.555. The molecule has 6 heteroatoms. The lowest BCUT2D eigenvalue weighted by Crippen LogP contribution is -2.28. The fourth-order valence-corrected chi connectivity index (χ4v) is 2.20. The Morgan fingerprint density at radius 3 is 3.00 bits per heavy atom. The van der Waals surface area contributed by atoms with Gasteiger partial charge in [0.15, 0.2) is 0 Å². The molecule has 1 aromatic heterocycles. The molecule has 0 bridgehead atoms. The van der Waals surface area contributed by atoms with Gasteiger partial charge in [-0.3, -0.25) is 0 Å². The lowest BCUT2D eigenvalue weighted by atomic mass is 10.2. The summed E-state index contributed by atoms with van der Waals surface area (Å²) in [4.78, 5) is 15.3. The van der Waals surface area contributed by atoms with Crippen LogP contribution in [0.4, 0.5) is 5.13 Å². The summed E-state index contributed by atoms with van der Waals surface area (Å²) in [7, 11) is 0. The third-order valence-corrected chi connectivity index (χ3v) is 3.22. The maximum atomic E-state index is 10.9. The molecule has 1 fully saturated rings. The van der Waals surface area contributed by atoms with E-state index in [4.69, 9.17) is 5.11 Å². The van der Waals surface area contributed by atoms with Crippen molar-refractivity contribution in [1.82, 2.24) is 9.36 Å². The molecule has 1 aliphatic rings. The Hall–Kier alpha value is -1.17. The molecule has 0 amide bonds. The smallest absolute Gasteiger partial charge is 0.326 e. The molecule has 1 unspecified atom stereocenters. The maximum Gasteiger partial charge on any atom is 0.326 e. The molecule has 0 saturated heterocycles. The molecular formula is C10H15N3O2S. The maximum absolute atomic E-state index is 10.9. The Morgan fingerprint density at radius 1 is 1.69 bits per heavy atom. The van der Waals surface area contributed by atoms with Crippen molar-refractivity contribution < 1.29 is 9.90 Å². The number of carboxylic acid groups (broad SMARTS) is 1. The first-order valence-corrected chi connectivity index (χ1v) is 6.31. The normalized spacial score (nSPS) is 17.1. The van der Waals surface area contributed by atoms with Crippen LogP contribution in [0.1, 0.15) is 44.3 Å². The number of nitrogens with one attached hydrogen (secondary N) is 1. The number of carbonyl (C=O) groups is 1. The number of carboxylic acids is 1. The Bertz CT molecular complexity index is 376. The van der Waals surface area contributed by atoms with Crippen LogP contribution < -0.4 is 5.32 Å². The van der Waals surface area contributed by atoms with Gasteiger partial charge >= 0.3 is 5.97 Å². The lowest BCUT2D eigenvalue weighted by molar-refractivity contribution is -0.138. The van der Waals surface area contributed by atoms with Crippen molar-refractivity contribution in [3.05, 3.63) is 5.82 Å². The summed E-state index contributed by atoms with van der Waals surface area (Å²) >= 11 is 1.25. The molecule has 1 atom stereocenters. The van der Waals surface area contributed by atoms with Gasteiger partial charge in [-0.25, -0.2) is 9.78 Å². The molecule has 1 aromatic rings. The van der Waals surface area contributed by atoms with Crippen LogP contribution in [0.2, 0.25) is 0 Å². The van der Waals surface area contributed by atoms with Gasteiger partial charge in [-0.2, -0.15) is 4.37 Å². The SMILES string of the molecule is CCCC(Nc1nc(C2CC2)ns1)C(=O)O. The number of aliphatic carboxylic acids is 1. The van der Waals surface area contributed by atoms with Gasteiger partial charge in [0.2, 0.25) is 5.13 Å². The molecule has 5 nitrogen and oxygen atoms in total. The van der Waals surface area contributed by atoms with Crippen LogP contribution in [0.25, 0.3) is 0 Å². The molecule has 2 N–H and O–H groups in total. The minimum Gasteiger partial charge on any atom is -0.480 e. The minimum absolute atomic E-state index is 0.515. The topological polar surface area (TPSA) is 75.1 Å². The van der Waals surface area contributed by atoms with E-state index in [1.807, 2.05) is 6.92 Å². The predicted molar refractivity (Wildman–Crippen MR) is 61.8 cm³/mol. The van der Waals surface area contributed by atoms with E-state index in [0.717, 1.165) is 25.1 Å². The van der Waals surface area contributed by atoms with Crippen molar-refractivity contribution >= 4 is 22.6 Å². The second kappa shape index (κ2) is 4.78. The quantitative estimate of drug-likeness (QED) is 0.797. The molecule has 2 rings (SSSR count). The van der Waals surface area contributed by atoms with Crippen LogP contribution in [0, 0.1) is 0 Å². The van der Waals surface area contributed by atoms with Crippen molar-refractivity contribution in [2.24, 2.45) is 0 Å². The molecule has 1 aliphatic carbocycles. The Labute approximate surface area is 98.1 Å². The van der Waals surface area contributed by atoms with E-state index in [1.54, 1.807) is 0 Å². The van der Waals surface area contributed by atoms with Crippen LogP contribution >= 0.6 is 11.5 Å². The van der Waals surface area contributed by atoms with Gasteiger partial charge in [0.25, 0.3) is 0 Å². The van der Waals surface area contributed by atoms with E-state index in [-0.39, 0.29) is 0 Å². The van der Waals surface area contributed by atoms with Crippen molar-refractivity contribution in [3.8, 4) is 0 Å². The summed E-state index contributed by atoms with van der Waals surface area (Å²) in [6.07, 6.45) is 3.76. The van der Waals surface area contributed by atoms with Gasteiger partial charge in [0.1, 0.15) is 11.9 Å². The third kappa shape index (κ3) is 2.69. The van der Waals surface area contributed by atoms with E-state index in [9.17, 15) is 4.79 Å². The number of hydrogen-bond acceptors (Lipinski definition) is 5. The standard InChI is InChI=1S/C10H15N3O2S/c1-2-3-7(9(14)15)11-10-12-8(13-16-10)6-4-5-6/h6-7H,2-5H2,1H3,(H,14,15)(H,11,12,13). The largest absolute Gasteiger partial charge is 0.480 e. The van der Waals surface area contributed by atoms with Crippen LogP contribution in [-0.4, -0.2) is 26.5 Å². The second-order valence-electron chi connectivity index (χ2n) is 4.06. The Balaban J connectivity index is 1.97. The molecule has 0 spiro atoms. The summed E-state index contributed by atoms with van der Waals surface area (Å²) in [6.45, 7) is 1.97. The Kier molecular flexibility index (Phi) is 3.38. The molecule has 1 heterocycles. The first-order chi connectivity index (χ1) is 7.70. The highest BCUT2D eigenvalue weighted by molar-refractivity contribution is 7.09. The molecule has 0 aliphatic heterocycles. The van der Waals surface area contributed by atoms with Gasteiger partial charge in [-0.15, -0.1) is 0 Å². The zero-order valence-electron chi connectivity index (χ0n) is 9.14. The zero-order chi connectivity index (χ0) is 11.5. The first kappa shape index (κ1) is 11.3. The summed E-state index contributed by atoms with van der Waals surface area (Å²) in [5.41, 5.74) is 0. The number of hydrogen-bond donors (Lipinski definition) is 2. The van der Waals surface area contributed by atoms with Crippen molar-refractivity contribution in [1.29, 1.82) is 0 Å². The predicted octanol–water partition coefficient (Wildman–Crippen LogP) is 2.08. The van der Waals surface area contributed by atoms with Gasteiger partial charge in [0, 0.05) is 17.5 Å². The molecule has 0 aromatic carbocycles. The number of rotatable bonds is 6. The molecule has 0 radical (unpaired) electrons. The molecule has 88 valence electrons. The zero-order valence-corrected chi connectivity index (χ0v) is 9.96. The van der Waals surface area contributed by atoms with Crippen LogP contribution in [-0.2, 0) is 4.79 Å². The van der Waals surface area contributed by atoms with Gasteiger partial charge in [-0.05, 0) is 19.3 Å². The number of aromatic nitrogens is 2. The highest BCUT2D eigenvalue weighted by Crippen LogP contribution is 2.39. The fourth-order valence-electron chi connectivity index (χ4n) is 1.50. The van der Waals surface area contributed by atoms with Gasteiger partial charge in [0.05, 0.1) is 0 Å². The van der Waals surface area contributed by atoms with Crippen LogP contribution in [0.3, 0.4) is 0 Å². The van der Waals surface area contributed by atoms with Gasteiger partial charge in [-0.1, -0.05) is 13.3 Å². The lowest BCUT2D eigenvalue weighted by Gasteiger charge is -2.11. The van der Waals surface area contributed by atoms with Gasteiger partial charge < -0.3 is 10.4 Å². The Morgan fingerprint density at radius 2 is 2.44 bits per heavy atom. The van der Waals surface area contributed by atoms with Crippen molar-refractivity contribution in [2.45, 2.75) is 44.6 Å². The highest BCUT2D eigenvalue weighted by Gasteiger charge is 2.28.